The molecular weight excluding hydrogens is 384 g/mol. The second-order valence-corrected chi connectivity index (χ2v) is 8.00. The Labute approximate surface area is 174 Å². The number of amides is 1. The molecule has 0 aliphatic carbocycles. The van der Waals surface area contributed by atoms with Crippen LogP contribution in [0.3, 0.4) is 0 Å². The van der Waals surface area contributed by atoms with Gasteiger partial charge >= 0.3 is 0 Å². The van der Waals surface area contributed by atoms with Gasteiger partial charge in [-0.25, -0.2) is 4.98 Å². The molecule has 1 aliphatic rings. The summed E-state index contributed by atoms with van der Waals surface area (Å²) in [6.07, 6.45) is 2.04. The SMILES string of the molecule is COc1ccc(C(=O)N(C[C@H]2CCCO2)c2nc(-c3ccc(C)cc3)cs2)cc1. The van der Waals surface area contributed by atoms with Crippen molar-refractivity contribution in [3.8, 4) is 17.0 Å². The standard InChI is InChI=1S/C23H24N2O3S/c1-16-5-7-17(8-6-16)21-15-29-23(24-21)25(14-20-4-3-13-28-20)22(26)18-9-11-19(27-2)12-10-18/h5-12,15,20H,3-4,13-14H2,1-2H3/t20-/m1/s1. The second-order valence-electron chi connectivity index (χ2n) is 7.16. The molecule has 5 nitrogen and oxygen atoms in total. The van der Waals surface area contributed by atoms with E-state index in [0.717, 1.165) is 36.5 Å². The van der Waals surface area contributed by atoms with Crippen LogP contribution in [0, 0.1) is 6.92 Å². The van der Waals surface area contributed by atoms with Crippen molar-refractivity contribution in [1.29, 1.82) is 0 Å². The topological polar surface area (TPSA) is 51.7 Å². The molecule has 0 saturated carbocycles. The van der Waals surface area contributed by atoms with Gasteiger partial charge in [-0.2, -0.15) is 0 Å². The zero-order valence-corrected chi connectivity index (χ0v) is 17.4. The Morgan fingerprint density at radius 3 is 2.62 bits per heavy atom. The van der Waals surface area contributed by atoms with Gasteiger partial charge in [0.25, 0.3) is 5.91 Å². The van der Waals surface area contributed by atoms with Crippen molar-refractivity contribution in [3.05, 3.63) is 65.0 Å². The number of carbonyl (C=O) groups is 1. The van der Waals surface area contributed by atoms with Gasteiger partial charge in [-0.1, -0.05) is 29.8 Å². The molecule has 2 aromatic carbocycles. The van der Waals surface area contributed by atoms with Gasteiger partial charge in [0.2, 0.25) is 0 Å². The maximum Gasteiger partial charge on any atom is 0.260 e. The van der Waals surface area contributed by atoms with E-state index in [0.29, 0.717) is 17.2 Å². The molecule has 0 spiro atoms. The van der Waals surface area contributed by atoms with Crippen molar-refractivity contribution >= 4 is 22.4 Å². The molecule has 1 saturated heterocycles. The molecule has 1 atom stereocenters. The number of ether oxygens (including phenoxy) is 2. The lowest BCUT2D eigenvalue weighted by Crippen LogP contribution is -2.37. The number of hydrogen-bond donors (Lipinski definition) is 0. The first-order valence-electron chi connectivity index (χ1n) is 9.74. The fourth-order valence-corrected chi connectivity index (χ4v) is 4.22. The fraction of sp³-hybridized carbons (Fsp3) is 0.304. The predicted octanol–water partition coefficient (Wildman–Crippen LogP) is 4.95. The highest BCUT2D eigenvalue weighted by atomic mass is 32.1. The van der Waals surface area contributed by atoms with Gasteiger partial charge in [0.05, 0.1) is 25.5 Å². The first-order valence-corrected chi connectivity index (χ1v) is 10.6. The van der Waals surface area contributed by atoms with Crippen LogP contribution in [0.15, 0.2) is 53.9 Å². The highest BCUT2D eigenvalue weighted by Crippen LogP contribution is 2.30. The third-order valence-corrected chi connectivity index (χ3v) is 5.93. The normalized spacial score (nSPS) is 16.0. The Kier molecular flexibility index (Phi) is 5.92. The monoisotopic (exact) mass is 408 g/mol. The first-order chi connectivity index (χ1) is 14.1. The molecule has 0 bridgehead atoms. The average Bonchev–Trinajstić information content (AvgIpc) is 3.44. The van der Waals surface area contributed by atoms with Gasteiger partial charge in [0, 0.05) is 23.1 Å². The largest absolute Gasteiger partial charge is 0.497 e. The Bertz CT molecular complexity index is 961. The van der Waals surface area contributed by atoms with Gasteiger partial charge in [-0.05, 0) is 44.0 Å². The fourth-order valence-electron chi connectivity index (χ4n) is 3.37. The molecule has 0 unspecified atom stereocenters. The van der Waals surface area contributed by atoms with E-state index in [9.17, 15) is 4.79 Å². The predicted molar refractivity (Wildman–Crippen MR) is 116 cm³/mol. The van der Waals surface area contributed by atoms with Crippen molar-refractivity contribution in [3.63, 3.8) is 0 Å². The minimum absolute atomic E-state index is 0.0453. The second kappa shape index (κ2) is 8.76. The lowest BCUT2D eigenvalue weighted by molar-refractivity contribution is 0.0917. The zero-order chi connectivity index (χ0) is 20.2. The van der Waals surface area contributed by atoms with E-state index in [1.807, 2.05) is 5.38 Å². The van der Waals surface area contributed by atoms with Gasteiger partial charge in [0.1, 0.15) is 5.75 Å². The number of anilines is 1. The van der Waals surface area contributed by atoms with Crippen molar-refractivity contribution in [2.24, 2.45) is 0 Å². The van der Waals surface area contributed by atoms with E-state index in [-0.39, 0.29) is 12.0 Å². The number of methoxy groups -OCH3 is 1. The lowest BCUT2D eigenvalue weighted by atomic mass is 10.1. The molecule has 4 rings (SSSR count). The third-order valence-electron chi connectivity index (χ3n) is 5.06. The number of nitrogens with zero attached hydrogens (tertiary/aromatic N) is 2. The highest BCUT2D eigenvalue weighted by molar-refractivity contribution is 7.14. The van der Waals surface area contributed by atoms with Crippen molar-refractivity contribution in [2.45, 2.75) is 25.9 Å². The molecule has 150 valence electrons. The van der Waals surface area contributed by atoms with Crippen LogP contribution in [0.4, 0.5) is 5.13 Å². The number of thiazole rings is 1. The minimum atomic E-state index is -0.0760. The molecule has 29 heavy (non-hydrogen) atoms. The van der Waals surface area contributed by atoms with Crippen LogP contribution >= 0.6 is 11.3 Å². The van der Waals surface area contributed by atoms with Crippen LogP contribution < -0.4 is 9.64 Å². The molecule has 2 heterocycles. The first kappa shape index (κ1) is 19.6. The summed E-state index contributed by atoms with van der Waals surface area (Å²) in [6, 6.07) is 15.4. The quantitative estimate of drug-likeness (QED) is 0.579. The van der Waals surface area contributed by atoms with E-state index in [4.69, 9.17) is 14.5 Å². The summed E-state index contributed by atoms with van der Waals surface area (Å²) >= 11 is 1.48. The zero-order valence-electron chi connectivity index (χ0n) is 16.6. The Morgan fingerprint density at radius 2 is 1.97 bits per heavy atom. The maximum absolute atomic E-state index is 13.3. The summed E-state index contributed by atoms with van der Waals surface area (Å²) in [4.78, 5) is 19.8. The van der Waals surface area contributed by atoms with Crippen LogP contribution in [-0.4, -0.2) is 37.3 Å². The van der Waals surface area contributed by atoms with Gasteiger partial charge in [0.15, 0.2) is 5.13 Å². The summed E-state index contributed by atoms with van der Waals surface area (Å²) in [5.41, 5.74) is 3.74. The molecular formula is C23H24N2O3S. The summed E-state index contributed by atoms with van der Waals surface area (Å²) in [6.45, 7) is 3.32. The van der Waals surface area contributed by atoms with E-state index < -0.39 is 0 Å². The Balaban J connectivity index is 1.62. The number of benzene rings is 2. The van der Waals surface area contributed by atoms with E-state index >= 15 is 0 Å². The number of aryl methyl sites for hydroxylation is 1. The summed E-state index contributed by atoms with van der Waals surface area (Å²) in [5.74, 6) is 0.649. The maximum atomic E-state index is 13.3. The van der Waals surface area contributed by atoms with Crippen molar-refractivity contribution in [2.75, 3.05) is 25.2 Å². The minimum Gasteiger partial charge on any atom is -0.497 e. The number of rotatable bonds is 6. The summed E-state index contributed by atoms with van der Waals surface area (Å²) < 4.78 is 11.0. The summed E-state index contributed by atoms with van der Waals surface area (Å²) in [7, 11) is 1.61. The van der Waals surface area contributed by atoms with E-state index in [1.54, 1.807) is 36.3 Å². The molecule has 0 N–H and O–H groups in total. The molecule has 1 aromatic heterocycles. The Morgan fingerprint density at radius 1 is 1.21 bits per heavy atom. The average molecular weight is 409 g/mol. The van der Waals surface area contributed by atoms with Gasteiger partial charge in [-0.15, -0.1) is 11.3 Å². The van der Waals surface area contributed by atoms with Crippen LogP contribution in [0.25, 0.3) is 11.3 Å². The van der Waals surface area contributed by atoms with Crippen LogP contribution in [0.5, 0.6) is 5.75 Å². The molecule has 1 fully saturated rings. The Hall–Kier alpha value is -2.70. The number of carbonyl (C=O) groups excluding carboxylic acids is 1. The summed E-state index contributed by atoms with van der Waals surface area (Å²) in [5, 5.41) is 2.70. The number of aromatic nitrogens is 1. The highest BCUT2D eigenvalue weighted by Gasteiger charge is 2.27. The van der Waals surface area contributed by atoms with Crippen molar-refractivity contribution < 1.29 is 14.3 Å². The van der Waals surface area contributed by atoms with Crippen molar-refractivity contribution in [1.82, 2.24) is 4.98 Å². The van der Waals surface area contributed by atoms with Gasteiger partial charge < -0.3 is 9.47 Å². The van der Waals surface area contributed by atoms with Gasteiger partial charge in [-0.3, -0.25) is 9.69 Å². The lowest BCUT2D eigenvalue weighted by Gasteiger charge is -2.23. The van der Waals surface area contributed by atoms with Crippen LogP contribution in [0.2, 0.25) is 0 Å². The molecule has 0 radical (unpaired) electrons. The smallest absolute Gasteiger partial charge is 0.260 e. The number of hydrogen-bond acceptors (Lipinski definition) is 5. The molecule has 3 aromatic rings. The van der Waals surface area contributed by atoms with Crippen LogP contribution in [0.1, 0.15) is 28.8 Å². The molecule has 1 amide bonds. The van der Waals surface area contributed by atoms with E-state index in [1.165, 1.54) is 16.9 Å². The van der Waals surface area contributed by atoms with E-state index in [2.05, 4.69) is 31.2 Å². The van der Waals surface area contributed by atoms with Crippen LogP contribution in [-0.2, 0) is 4.74 Å². The third kappa shape index (κ3) is 4.49. The molecule has 6 heteroatoms. The molecule has 1 aliphatic heterocycles.